The highest BCUT2D eigenvalue weighted by atomic mass is 16.5. The predicted molar refractivity (Wildman–Crippen MR) is 111 cm³/mol. The first-order chi connectivity index (χ1) is 14.3. The van der Waals surface area contributed by atoms with Crippen LogP contribution in [0.1, 0.15) is 34.6 Å². The second-order valence-electron chi connectivity index (χ2n) is 6.72. The van der Waals surface area contributed by atoms with Gasteiger partial charge in [-0.3, -0.25) is 19.2 Å². The quantitative estimate of drug-likeness (QED) is 0.483. The van der Waals surface area contributed by atoms with Crippen molar-refractivity contribution in [2.45, 2.75) is 13.8 Å². The first-order valence-electron chi connectivity index (χ1n) is 9.32. The van der Waals surface area contributed by atoms with Crippen molar-refractivity contribution in [1.82, 2.24) is 5.32 Å². The van der Waals surface area contributed by atoms with E-state index in [1.165, 1.54) is 25.3 Å². The number of amides is 2. The summed E-state index contributed by atoms with van der Waals surface area (Å²) in [6.45, 7) is 2.73. The van der Waals surface area contributed by atoms with E-state index < -0.39 is 24.3 Å². The van der Waals surface area contributed by atoms with Crippen LogP contribution in [0.4, 0.5) is 5.69 Å². The lowest BCUT2D eigenvalue weighted by Gasteiger charge is -2.09. The summed E-state index contributed by atoms with van der Waals surface area (Å²) in [5.74, 6) is -1.36. The van der Waals surface area contributed by atoms with Crippen molar-refractivity contribution in [2.24, 2.45) is 5.92 Å². The smallest absolute Gasteiger partial charge is 0.325 e. The summed E-state index contributed by atoms with van der Waals surface area (Å²) in [7, 11) is 1.49. The summed E-state index contributed by atoms with van der Waals surface area (Å²) in [5, 5.41) is 5.15. The molecule has 0 aliphatic carbocycles. The highest BCUT2D eigenvalue weighted by Gasteiger charge is 2.13. The molecule has 8 nitrogen and oxygen atoms in total. The molecule has 0 fully saturated rings. The molecule has 0 aliphatic heterocycles. The van der Waals surface area contributed by atoms with E-state index in [-0.39, 0.29) is 18.4 Å². The van der Waals surface area contributed by atoms with E-state index >= 15 is 0 Å². The molecule has 0 saturated heterocycles. The maximum Gasteiger partial charge on any atom is 0.325 e. The van der Waals surface area contributed by atoms with Gasteiger partial charge < -0.3 is 20.1 Å². The monoisotopic (exact) mass is 412 g/mol. The van der Waals surface area contributed by atoms with Crippen LogP contribution >= 0.6 is 0 Å². The van der Waals surface area contributed by atoms with Gasteiger partial charge in [-0.1, -0.05) is 19.9 Å². The average molecular weight is 412 g/mol. The van der Waals surface area contributed by atoms with Gasteiger partial charge in [-0.25, -0.2) is 0 Å². The van der Waals surface area contributed by atoms with Gasteiger partial charge >= 0.3 is 5.97 Å². The Labute approximate surface area is 174 Å². The van der Waals surface area contributed by atoms with E-state index in [0.29, 0.717) is 22.6 Å². The van der Waals surface area contributed by atoms with E-state index in [4.69, 9.17) is 9.47 Å². The molecule has 0 saturated carbocycles. The second kappa shape index (κ2) is 10.8. The second-order valence-corrected chi connectivity index (χ2v) is 6.72. The van der Waals surface area contributed by atoms with Crippen LogP contribution in [-0.4, -0.2) is 43.8 Å². The minimum atomic E-state index is -0.736. The lowest BCUT2D eigenvalue weighted by molar-refractivity contribution is -0.141. The normalized spacial score (nSPS) is 10.3. The molecule has 0 radical (unpaired) electrons. The summed E-state index contributed by atoms with van der Waals surface area (Å²) < 4.78 is 9.96. The molecule has 158 valence electrons. The first-order valence-corrected chi connectivity index (χ1v) is 9.32. The molecule has 0 aliphatic rings. The molecule has 0 spiro atoms. The topological polar surface area (TPSA) is 111 Å². The van der Waals surface area contributed by atoms with Crippen LogP contribution in [0.3, 0.4) is 0 Å². The lowest BCUT2D eigenvalue weighted by atomic mass is 10.1. The van der Waals surface area contributed by atoms with Gasteiger partial charge in [0, 0.05) is 22.7 Å². The number of anilines is 1. The molecule has 2 aromatic rings. The van der Waals surface area contributed by atoms with Gasteiger partial charge in [-0.05, 0) is 42.5 Å². The van der Waals surface area contributed by atoms with Crippen molar-refractivity contribution in [1.29, 1.82) is 0 Å². The van der Waals surface area contributed by atoms with Crippen molar-refractivity contribution >= 4 is 29.3 Å². The van der Waals surface area contributed by atoms with Gasteiger partial charge in [0.2, 0.25) is 5.91 Å². The Balaban J connectivity index is 1.79. The number of nitrogens with one attached hydrogen (secondary N) is 2. The number of benzene rings is 2. The Morgan fingerprint density at radius 2 is 1.67 bits per heavy atom. The number of ether oxygens (including phenoxy) is 2. The highest BCUT2D eigenvalue weighted by Crippen LogP contribution is 2.13. The van der Waals surface area contributed by atoms with E-state index in [2.05, 4.69) is 10.6 Å². The molecule has 0 aromatic heterocycles. The molecular formula is C22H24N2O6. The minimum Gasteiger partial charge on any atom is -0.497 e. The van der Waals surface area contributed by atoms with Crippen LogP contribution in [0.15, 0.2) is 48.5 Å². The molecule has 0 heterocycles. The third kappa shape index (κ3) is 6.73. The predicted octanol–water partition coefficient (Wildman–Crippen LogP) is 2.45. The van der Waals surface area contributed by atoms with Gasteiger partial charge in [-0.15, -0.1) is 0 Å². The van der Waals surface area contributed by atoms with Crippen molar-refractivity contribution in [3.8, 4) is 5.75 Å². The molecule has 0 bridgehead atoms. The number of esters is 1. The maximum absolute atomic E-state index is 12.2. The van der Waals surface area contributed by atoms with Crippen molar-refractivity contribution in [2.75, 3.05) is 25.6 Å². The molecule has 0 atom stereocenters. The Bertz CT molecular complexity index is 921. The number of carbonyl (C=O) groups excluding carboxylic acids is 4. The number of carbonyl (C=O) groups is 4. The third-order valence-corrected chi connectivity index (χ3v) is 4.09. The van der Waals surface area contributed by atoms with Gasteiger partial charge in [-0.2, -0.15) is 0 Å². The van der Waals surface area contributed by atoms with Crippen LogP contribution in [-0.2, 0) is 14.3 Å². The van der Waals surface area contributed by atoms with E-state index in [1.807, 2.05) is 0 Å². The zero-order valence-electron chi connectivity index (χ0n) is 17.1. The summed E-state index contributed by atoms with van der Waals surface area (Å²) in [6.07, 6.45) is 0. The Kier molecular flexibility index (Phi) is 8.10. The van der Waals surface area contributed by atoms with Gasteiger partial charge in [0.15, 0.2) is 12.4 Å². The lowest BCUT2D eigenvalue weighted by Crippen LogP contribution is -2.31. The Morgan fingerprint density at radius 3 is 2.30 bits per heavy atom. The number of hydrogen-bond donors (Lipinski definition) is 2. The van der Waals surface area contributed by atoms with E-state index in [0.717, 1.165) is 0 Å². The number of ketones is 1. The van der Waals surface area contributed by atoms with Crippen LogP contribution in [0.25, 0.3) is 0 Å². The van der Waals surface area contributed by atoms with Gasteiger partial charge in [0.05, 0.1) is 7.11 Å². The largest absolute Gasteiger partial charge is 0.497 e. The van der Waals surface area contributed by atoms with Crippen molar-refractivity contribution < 1.29 is 28.7 Å². The van der Waals surface area contributed by atoms with Gasteiger partial charge in [0.25, 0.3) is 5.91 Å². The molecule has 30 heavy (non-hydrogen) atoms. The maximum atomic E-state index is 12.2. The molecule has 2 amide bonds. The Morgan fingerprint density at radius 1 is 0.967 bits per heavy atom. The molecule has 8 heteroatoms. The van der Waals surface area contributed by atoms with Crippen LogP contribution in [0.2, 0.25) is 0 Å². The van der Waals surface area contributed by atoms with Crippen LogP contribution in [0, 0.1) is 5.92 Å². The number of Topliss-reactive ketones (excluding diaryl/α,β-unsaturated/α-hetero) is 1. The molecule has 2 N–H and O–H groups in total. The van der Waals surface area contributed by atoms with Crippen molar-refractivity contribution in [3.05, 3.63) is 59.7 Å². The number of methoxy groups -OCH3 is 1. The molecular weight excluding hydrogens is 388 g/mol. The van der Waals surface area contributed by atoms with Gasteiger partial charge in [0.1, 0.15) is 12.3 Å². The van der Waals surface area contributed by atoms with Crippen molar-refractivity contribution in [3.63, 3.8) is 0 Å². The number of hydrogen-bond acceptors (Lipinski definition) is 6. The van der Waals surface area contributed by atoms with Crippen LogP contribution in [0.5, 0.6) is 5.75 Å². The average Bonchev–Trinajstić information content (AvgIpc) is 2.76. The summed E-state index contributed by atoms with van der Waals surface area (Å²) in [4.78, 5) is 47.7. The third-order valence-electron chi connectivity index (χ3n) is 4.09. The fourth-order valence-corrected chi connectivity index (χ4v) is 2.33. The standard InChI is InChI=1S/C22H24N2O6/c1-14(2)21(27)24-17-9-7-15(8-10-17)19(25)13-30-20(26)12-23-22(28)16-5-4-6-18(11-16)29-3/h4-11,14H,12-13H2,1-3H3,(H,23,28)(H,24,27). The molecule has 2 aromatic carbocycles. The molecule has 0 unspecified atom stereocenters. The Hall–Kier alpha value is -3.68. The fourth-order valence-electron chi connectivity index (χ4n) is 2.33. The van der Waals surface area contributed by atoms with Crippen LogP contribution < -0.4 is 15.4 Å². The summed E-state index contributed by atoms with van der Waals surface area (Å²) in [6, 6.07) is 12.8. The highest BCUT2D eigenvalue weighted by molar-refractivity contribution is 5.99. The number of rotatable bonds is 9. The SMILES string of the molecule is COc1cccc(C(=O)NCC(=O)OCC(=O)c2ccc(NC(=O)C(C)C)cc2)c1. The minimum absolute atomic E-state index is 0.126. The molecule has 2 rings (SSSR count). The summed E-state index contributed by atoms with van der Waals surface area (Å²) in [5.41, 5.74) is 1.25. The van der Waals surface area contributed by atoms with E-state index in [1.54, 1.807) is 44.2 Å². The van der Waals surface area contributed by atoms with E-state index in [9.17, 15) is 19.2 Å². The zero-order chi connectivity index (χ0) is 22.1. The fraction of sp³-hybridized carbons (Fsp3) is 0.273. The summed E-state index contributed by atoms with van der Waals surface area (Å²) >= 11 is 0. The zero-order valence-corrected chi connectivity index (χ0v) is 17.1. The first kappa shape index (κ1) is 22.6.